The van der Waals surface area contributed by atoms with Crippen molar-refractivity contribution in [2.24, 2.45) is 0 Å². The quantitative estimate of drug-likeness (QED) is 0.618. The van der Waals surface area contributed by atoms with E-state index in [0.29, 0.717) is 13.1 Å². The maximum absolute atomic E-state index is 10.1. The Hall–Kier alpha value is -2.83. The fourth-order valence-corrected chi connectivity index (χ4v) is 3.95. The summed E-state index contributed by atoms with van der Waals surface area (Å²) >= 11 is 0. The number of aliphatic hydroxyl groups is 1. The van der Waals surface area contributed by atoms with E-state index in [2.05, 4.69) is 53.8 Å². The van der Waals surface area contributed by atoms with E-state index in [4.69, 9.17) is 14.6 Å². The van der Waals surface area contributed by atoms with Gasteiger partial charge in [-0.1, -0.05) is 36.4 Å². The normalized spacial score (nSPS) is 13.8. The molecular formula is C24H29N3O3. The third-order valence-electron chi connectivity index (χ3n) is 5.45. The van der Waals surface area contributed by atoms with Gasteiger partial charge in [0.05, 0.1) is 18.3 Å². The van der Waals surface area contributed by atoms with Crippen molar-refractivity contribution in [2.75, 3.05) is 13.3 Å². The molecule has 0 aliphatic carbocycles. The molecule has 0 saturated carbocycles. The highest BCUT2D eigenvalue weighted by Gasteiger charge is 2.19. The molecule has 4 rings (SSSR count). The summed E-state index contributed by atoms with van der Waals surface area (Å²) in [5, 5.41) is 14.8. The van der Waals surface area contributed by atoms with Crippen LogP contribution in [0.25, 0.3) is 0 Å². The van der Waals surface area contributed by atoms with Gasteiger partial charge in [-0.15, -0.1) is 0 Å². The molecule has 1 atom stereocenters. The Balaban J connectivity index is 1.53. The summed E-state index contributed by atoms with van der Waals surface area (Å²) in [5.74, 6) is 1.57. The number of hydrogen-bond acceptors (Lipinski definition) is 5. The Bertz CT molecular complexity index is 998. The van der Waals surface area contributed by atoms with Crippen LogP contribution in [0.1, 0.15) is 35.0 Å². The van der Waals surface area contributed by atoms with E-state index in [-0.39, 0.29) is 6.79 Å². The van der Waals surface area contributed by atoms with Gasteiger partial charge in [-0.05, 0) is 44.0 Å². The summed E-state index contributed by atoms with van der Waals surface area (Å²) in [5.41, 5.74) is 5.78. The smallest absolute Gasteiger partial charge is 0.231 e. The third kappa shape index (κ3) is 4.66. The Kier molecular flexibility index (Phi) is 6.06. The topological polar surface area (TPSA) is 59.8 Å². The fourth-order valence-electron chi connectivity index (χ4n) is 3.95. The van der Waals surface area contributed by atoms with Crippen molar-refractivity contribution in [1.29, 1.82) is 0 Å². The molecular weight excluding hydrogens is 378 g/mol. The Labute approximate surface area is 177 Å². The van der Waals surface area contributed by atoms with Gasteiger partial charge < -0.3 is 14.6 Å². The van der Waals surface area contributed by atoms with Crippen LogP contribution in [-0.2, 0) is 19.6 Å². The minimum Gasteiger partial charge on any atom is -0.454 e. The molecule has 0 radical (unpaired) electrons. The number of aliphatic hydroxyl groups excluding tert-OH is 1. The van der Waals surface area contributed by atoms with Crippen LogP contribution in [-0.4, -0.2) is 39.2 Å². The molecule has 0 saturated heterocycles. The molecule has 1 unspecified atom stereocenters. The van der Waals surface area contributed by atoms with Crippen molar-refractivity contribution in [3.63, 3.8) is 0 Å². The first-order chi connectivity index (χ1) is 14.5. The number of benzene rings is 2. The molecule has 0 bridgehead atoms. The molecule has 30 heavy (non-hydrogen) atoms. The number of aromatic nitrogens is 2. The van der Waals surface area contributed by atoms with E-state index in [1.54, 1.807) is 0 Å². The predicted octanol–water partition coefficient (Wildman–Crippen LogP) is 3.66. The summed E-state index contributed by atoms with van der Waals surface area (Å²) in [6, 6.07) is 16.4. The van der Waals surface area contributed by atoms with Crippen LogP contribution < -0.4 is 9.47 Å². The molecule has 6 nitrogen and oxygen atoms in total. The number of nitrogens with zero attached hydrogens (tertiary/aromatic N) is 3. The lowest BCUT2D eigenvalue weighted by atomic mass is 10.1. The monoisotopic (exact) mass is 407 g/mol. The van der Waals surface area contributed by atoms with Crippen molar-refractivity contribution < 1.29 is 14.6 Å². The maximum Gasteiger partial charge on any atom is 0.231 e. The molecule has 2 aromatic carbocycles. The highest BCUT2D eigenvalue weighted by atomic mass is 16.7. The molecule has 6 heteroatoms. The minimum atomic E-state index is -0.418. The fraction of sp³-hybridized carbons (Fsp3) is 0.375. The second-order valence-electron chi connectivity index (χ2n) is 8.00. The molecule has 158 valence electrons. The average molecular weight is 408 g/mol. The second-order valence-corrected chi connectivity index (χ2v) is 8.00. The molecule has 0 spiro atoms. The van der Waals surface area contributed by atoms with Gasteiger partial charge in [-0.25, -0.2) is 0 Å². The highest BCUT2D eigenvalue weighted by molar-refractivity contribution is 5.44. The van der Waals surface area contributed by atoms with E-state index >= 15 is 0 Å². The van der Waals surface area contributed by atoms with E-state index < -0.39 is 6.10 Å². The molecule has 1 aliphatic rings. The zero-order chi connectivity index (χ0) is 21.1. The summed E-state index contributed by atoms with van der Waals surface area (Å²) in [4.78, 5) is 2.26. The van der Waals surface area contributed by atoms with Crippen LogP contribution in [0.3, 0.4) is 0 Å². The Morgan fingerprint density at radius 3 is 2.57 bits per heavy atom. The average Bonchev–Trinajstić information content (AvgIpc) is 3.28. The van der Waals surface area contributed by atoms with E-state index in [1.165, 1.54) is 11.1 Å². The Morgan fingerprint density at radius 2 is 1.80 bits per heavy atom. The van der Waals surface area contributed by atoms with Gasteiger partial charge in [0.25, 0.3) is 0 Å². The van der Waals surface area contributed by atoms with Crippen LogP contribution in [0.4, 0.5) is 0 Å². The lowest BCUT2D eigenvalue weighted by Crippen LogP contribution is -2.30. The first-order valence-electron chi connectivity index (χ1n) is 10.4. The van der Waals surface area contributed by atoms with Crippen LogP contribution in [0.5, 0.6) is 11.5 Å². The largest absolute Gasteiger partial charge is 0.454 e. The van der Waals surface area contributed by atoms with Crippen molar-refractivity contribution in [1.82, 2.24) is 14.7 Å². The molecule has 2 heterocycles. The SMILES string of the molecule is Cc1nn(Cc2ccccc2)c(C)c1CN(Cc1ccc2c(c1)OCO2)CC(C)O. The number of rotatable bonds is 8. The van der Waals surface area contributed by atoms with Gasteiger partial charge in [0, 0.05) is 30.9 Å². The highest BCUT2D eigenvalue weighted by Crippen LogP contribution is 2.33. The standard InChI is InChI=1S/C24H29N3O3/c1-17(28)12-26(13-21-9-10-23-24(11-21)30-16-29-23)15-22-18(2)25-27(19(22)3)14-20-7-5-4-6-8-20/h4-11,17,28H,12-16H2,1-3H3. The van der Waals surface area contributed by atoms with Crippen LogP contribution in [0.15, 0.2) is 48.5 Å². The second kappa shape index (κ2) is 8.90. The van der Waals surface area contributed by atoms with Crippen LogP contribution in [0.2, 0.25) is 0 Å². The van der Waals surface area contributed by atoms with Gasteiger partial charge in [0.15, 0.2) is 11.5 Å². The molecule has 1 aromatic heterocycles. The number of hydrogen-bond donors (Lipinski definition) is 1. The predicted molar refractivity (Wildman–Crippen MR) is 116 cm³/mol. The van der Waals surface area contributed by atoms with Crippen molar-refractivity contribution in [2.45, 2.75) is 46.5 Å². The first-order valence-corrected chi connectivity index (χ1v) is 10.4. The lowest BCUT2D eigenvalue weighted by molar-refractivity contribution is 0.118. The van der Waals surface area contributed by atoms with Gasteiger partial charge in [0.2, 0.25) is 6.79 Å². The van der Waals surface area contributed by atoms with Crippen LogP contribution >= 0.6 is 0 Å². The molecule has 3 aromatic rings. The maximum atomic E-state index is 10.1. The molecule has 1 N–H and O–H groups in total. The van der Waals surface area contributed by atoms with Crippen molar-refractivity contribution >= 4 is 0 Å². The van der Waals surface area contributed by atoms with Gasteiger partial charge in [0.1, 0.15) is 0 Å². The van der Waals surface area contributed by atoms with Gasteiger partial charge >= 0.3 is 0 Å². The minimum absolute atomic E-state index is 0.273. The summed E-state index contributed by atoms with van der Waals surface area (Å²) < 4.78 is 13.0. The van der Waals surface area contributed by atoms with Crippen molar-refractivity contribution in [3.05, 3.63) is 76.6 Å². The zero-order valence-electron chi connectivity index (χ0n) is 17.8. The van der Waals surface area contributed by atoms with Gasteiger partial charge in [-0.2, -0.15) is 5.10 Å². The van der Waals surface area contributed by atoms with Crippen LogP contribution in [0, 0.1) is 13.8 Å². The van der Waals surface area contributed by atoms with E-state index in [1.807, 2.05) is 25.1 Å². The summed E-state index contributed by atoms with van der Waals surface area (Å²) in [6.07, 6.45) is -0.418. The van der Waals surface area contributed by atoms with Gasteiger partial charge in [-0.3, -0.25) is 9.58 Å². The first kappa shape index (κ1) is 20.4. The van der Waals surface area contributed by atoms with E-state index in [9.17, 15) is 5.11 Å². The summed E-state index contributed by atoms with van der Waals surface area (Å²) in [7, 11) is 0. The zero-order valence-corrected chi connectivity index (χ0v) is 17.8. The molecule has 1 aliphatic heterocycles. The molecule has 0 fully saturated rings. The third-order valence-corrected chi connectivity index (χ3v) is 5.45. The number of aryl methyl sites for hydroxylation is 1. The van der Waals surface area contributed by atoms with Crippen molar-refractivity contribution in [3.8, 4) is 11.5 Å². The molecule has 0 amide bonds. The summed E-state index contributed by atoms with van der Waals surface area (Å²) in [6.45, 7) is 9.06. The van der Waals surface area contributed by atoms with E-state index in [0.717, 1.165) is 41.5 Å². The Morgan fingerprint density at radius 1 is 1.03 bits per heavy atom. The number of fused-ring (bicyclic) bond motifs is 1. The number of ether oxygens (including phenoxy) is 2. The lowest BCUT2D eigenvalue weighted by Gasteiger charge is -2.24.